The molecule has 0 aliphatic heterocycles. The monoisotopic (exact) mass is 548 g/mol. The number of hydrogen-bond acceptors (Lipinski definition) is 7. The van der Waals surface area contributed by atoms with Gasteiger partial charge >= 0.3 is 29.6 Å². The Kier molecular flexibility index (Phi) is 9.29. The first kappa shape index (κ1) is 29.4. The van der Waals surface area contributed by atoms with Gasteiger partial charge in [0.2, 0.25) is 0 Å². The molecular formula is C27H33N4NaO3S2. The molecule has 1 amide bonds. The van der Waals surface area contributed by atoms with Crippen molar-refractivity contribution in [2.45, 2.75) is 47.0 Å². The van der Waals surface area contributed by atoms with Crippen LogP contribution in [0.1, 0.15) is 70.4 Å². The summed E-state index contributed by atoms with van der Waals surface area (Å²) in [4.78, 5) is 23.4. The Morgan fingerprint density at radius 1 is 1.14 bits per heavy atom. The van der Waals surface area contributed by atoms with Crippen molar-refractivity contribution in [3.05, 3.63) is 57.8 Å². The molecule has 0 unspecified atom stereocenters. The summed E-state index contributed by atoms with van der Waals surface area (Å²) in [5, 5.41) is 7.42. The van der Waals surface area contributed by atoms with Crippen molar-refractivity contribution in [1.82, 2.24) is 14.4 Å². The Morgan fingerprint density at radius 3 is 2.54 bits per heavy atom. The molecule has 3 aromatic heterocycles. The molecule has 3 heterocycles. The SMILES string of the molecule is COc1cccc(/C=C/c2nc3sccn3c2C(=O)Nc2nc(C(C)(C)C)cs2)c1OCC(C)(C)C.[H-].[Na+]. The van der Waals surface area contributed by atoms with Gasteiger partial charge in [0.25, 0.3) is 5.91 Å². The number of nitrogens with zero attached hydrogens (tertiary/aromatic N) is 3. The molecule has 37 heavy (non-hydrogen) atoms. The van der Waals surface area contributed by atoms with Crippen LogP contribution in [-0.4, -0.2) is 34.0 Å². The molecule has 4 rings (SSSR count). The number of hydrogen-bond donors (Lipinski definition) is 1. The van der Waals surface area contributed by atoms with Crippen LogP contribution in [0.2, 0.25) is 0 Å². The molecule has 0 aliphatic rings. The molecule has 0 bridgehead atoms. The quantitative estimate of drug-likeness (QED) is 0.352. The molecule has 0 saturated carbocycles. The van der Waals surface area contributed by atoms with Crippen LogP contribution in [-0.2, 0) is 5.41 Å². The van der Waals surface area contributed by atoms with E-state index in [-0.39, 0.29) is 47.7 Å². The summed E-state index contributed by atoms with van der Waals surface area (Å²) in [6, 6.07) is 5.75. The number of rotatable bonds is 7. The number of imidazole rings is 1. The molecule has 1 N–H and O–H groups in total. The van der Waals surface area contributed by atoms with Crippen molar-refractivity contribution in [1.29, 1.82) is 0 Å². The maximum Gasteiger partial charge on any atom is 1.00 e. The Hall–Kier alpha value is -2.17. The van der Waals surface area contributed by atoms with Crippen molar-refractivity contribution in [2.24, 2.45) is 5.41 Å². The van der Waals surface area contributed by atoms with Crippen LogP contribution >= 0.6 is 22.7 Å². The smallest absolute Gasteiger partial charge is 1.00 e. The van der Waals surface area contributed by atoms with Gasteiger partial charge in [0.1, 0.15) is 5.69 Å². The molecule has 0 aliphatic carbocycles. The van der Waals surface area contributed by atoms with E-state index in [1.165, 1.54) is 22.7 Å². The zero-order valence-corrected chi connectivity index (χ0v) is 26.3. The maximum atomic E-state index is 13.4. The minimum absolute atomic E-state index is 0. The molecule has 0 spiro atoms. The number of fused-ring (bicyclic) bond motifs is 1. The summed E-state index contributed by atoms with van der Waals surface area (Å²) in [5.41, 5.74) is 2.71. The van der Waals surface area contributed by atoms with Gasteiger partial charge in [-0.25, -0.2) is 9.97 Å². The van der Waals surface area contributed by atoms with Crippen molar-refractivity contribution in [3.8, 4) is 11.5 Å². The summed E-state index contributed by atoms with van der Waals surface area (Å²) in [6.45, 7) is 13.2. The topological polar surface area (TPSA) is 77.8 Å². The van der Waals surface area contributed by atoms with Gasteiger partial charge in [-0.15, -0.1) is 22.7 Å². The van der Waals surface area contributed by atoms with E-state index in [9.17, 15) is 4.79 Å². The average Bonchev–Trinajstić information content (AvgIpc) is 3.51. The predicted octanol–water partition coefficient (Wildman–Crippen LogP) is 4.12. The number of methoxy groups -OCH3 is 1. The van der Waals surface area contributed by atoms with E-state index in [4.69, 9.17) is 14.5 Å². The van der Waals surface area contributed by atoms with Gasteiger partial charge in [-0.2, -0.15) is 0 Å². The Balaban J connectivity index is 0.00000253. The third-order valence-corrected chi connectivity index (χ3v) is 6.81. The molecule has 0 saturated heterocycles. The van der Waals surface area contributed by atoms with Crippen LogP contribution in [0.5, 0.6) is 11.5 Å². The number of aromatic nitrogens is 3. The van der Waals surface area contributed by atoms with E-state index in [0.717, 1.165) is 16.2 Å². The number of amides is 1. The molecule has 10 heteroatoms. The summed E-state index contributed by atoms with van der Waals surface area (Å²) in [5.74, 6) is 1.06. The number of benzene rings is 1. The van der Waals surface area contributed by atoms with Crippen LogP contribution in [0.25, 0.3) is 17.1 Å². The van der Waals surface area contributed by atoms with Gasteiger partial charge < -0.3 is 10.9 Å². The molecule has 0 radical (unpaired) electrons. The van der Waals surface area contributed by atoms with Gasteiger partial charge in [-0.1, -0.05) is 53.7 Å². The van der Waals surface area contributed by atoms with Gasteiger partial charge in [0, 0.05) is 27.9 Å². The second-order valence-corrected chi connectivity index (χ2v) is 12.4. The number of para-hydroxylation sites is 1. The number of ether oxygens (including phenoxy) is 2. The molecule has 1 aromatic carbocycles. The van der Waals surface area contributed by atoms with Gasteiger partial charge in [-0.05, 0) is 23.6 Å². The molecule has 7 nitrogen and oxygen atoms in total. The van der Waals surface area contributed by atoms with E-state index >= 15 is 0 Å². The van der Waals surface area contributed by atoms with Crippen LogP contribution in [0, 0.1) is 5.41 Å². The second kappa shape index (κ2) is 11.7. The first-order chi connectivity index (χ1) is 17.0. The fourth-order valence-corrected chi connectivity index (χ4v) is 5.07. The second-order valence-electron chi connectivity index (χ2n) is 10.7. The fraction of sp³-hybridized carbons (Fsp3) is 0.370. The van der Waals surface area contributed by atoms with Gasteiger partial charge in [0.15, 0.2) is 21.6 Å². The zero-order chi connectivity index (χ0) is 26.1. The van der Waals surface area contributed by atoms with E-state index < -0.39 is 0 Å². The van der Waals surface area contributed by atoms with Crippen LogP contribution in [0.15, 0.2) is 35.2 Å². The van der Waals surface area contributed by atoms with Crippen molar-refractivity contribution in [3.63, 3.8) is 0 Å². The van der Waals surface area contributed by atoms with Gasteiger partial charge in [-0.3, -0.25) is 14.5 Å². The Bertz CT molecular complexity index is 1410. The molecule has 0 fully saturated rings. The summed E-state index contributed by atoms with van der Waals surface area (Å²) >= 11 is 2.90. The van der Waals surface area contributed by atoms with Crippen LogP contribution in [0.4, 0.5) is 5.13 Å². The van der Waals surface area contributed by atoms with Crippen LogP contribution in [0.3, 0.4) is 0 Å². The van der Waals surface area contributed by atoms with Crippen molar-refractivity contribution in [2.75, 3.05) is 19.0 Å². The van der Waals surface area contributed by atoms with Crippen molar-refractivity contribution >= 4 is 50.8 Å². The summed E-state index contributed by atoms with van der Waals surface area (Å²) in [6.07, 6.45) is 5.60. The third kappa shape index (κ3) is 7.03. The summed E-state index contributed by atoms with van der Waals surface area (Å²) < 4.78 is 13.5. The normalized spacial score (nSPS) is 12.1. The van der Waals surface area contributed by atoms with Crippen molar-refractivity contribution < 1.29 is 45.3 Å². The number of carbonyl (C=O) groups excluding carboxylic acids is 1. The number of anilines is 1. The number of carbonyl (C=O) groups is 1. The first-order valence-electron chi connectivity index (χ1n) is 11.7. The maximum absolute atomic E-state index is 13.4. The van der Waals surface area contributed by atoms with Crippen LogP contribution < -0.4 is 44.3 Å². The van der Waals surface area contributed by atoms with E-state index in [1.54, 1.807) is 11.5 Å². The predicted molar refractivity (Wildman–Crippen MR) is 150 cm³/mol. The van der Waals surface area contributed by atoms with Gasteiger partial charge in [0.05, 0.1) is 25.1 Å². The standard InChI is InChI=1S/C27H32N4O3S2.Na.H/c1-26(2,3)16-34-22-17(9-8-10-19(22)33-7)11-12-18-21(31-13-14-35-25(31)28-18)23(32)30-24-29-20(15-36-24)27(4,5)6;;/h8-15H,16H2,1-7H3,(H,29,30,32);;/q;+1;-1/b12-11+;;. The number of nitrogens with one attached hydrogen (secondary N) is 1. The van der Waals surface area contributed by atoms with E-state index in [0.29, 0.717) is 34.6 Å². The fourth-order valence-electron chi connectivity index (χ4n) is 3.41. The Morgan fingerprint density at radius 2 is 1.89 bits per heavy atom. The largest absolute Gasteiger partial charge is 1.00 e. The molecular weight excluding hydrogens is 515 g/mol. The minimum atomic E-state index is -0.259. The molecule has 4 aromatic rings. The molecule has 0 atom stereocenters. The zero-order valence-electron chi connectivity index (χ0n) is 23.7. The first-order valence-corrected chi connectivity index (χ1v) is 13.4. The molecule has 192 valence electrons. The number of thiazole rings is 2. The third-order valence-electron chi connectivity index (χ3n) is 5.30. The van der Waals surface area contributed by atoms with E-state index in [1.807, 2.05) is 47.3 Å². The van der Waals surface area contributed by atoms with E-state index in [2.05, 4.69) is 51.8 Å². The summed E-state index contributed by atoms with van der Waals surface area (Å²) in [7, 11) is 1.63. The minimum Gasteiger partial charge on any atom is -1.00 e. The Labute approximate surface area is 249 Å². The average molecular weight is 549 g/mol.